The van der Waals surface area contributed by atoms with Crippen LogP contribution in [0.25, 0.3) is 0 Å². The second kappa shape index (κ2) is 7.61. The van der Waals surface area contributed by atoms with Crippen LogP contribution in [0.5, 0.6) is 5.75 Å². The molecule has 1 saturated heterocycles. The SMILES string of the molecule is CC[C@H](C(=O)N1CCCC1)N(c1ccc(OC)c(Cl)c1)S(C)(=O)=O. The lowest BCUT2D eigenvalue weighted by molar-refractivity contribution is -0.131. The zero-order valence-electron chi connectivity index (χ0n) is 14.2. The van der Waals surface area contributed by atoms with E-state index in [1.807, 2.05) is 6.92 Å². The van der Waals surface area contributed by atoms with Crippen molar-refractivity contribution in [2.45, 2.75) is 32.2 Å². The molecule has 0 unspecified atom stereocenters. The number of rotatable bonds is 6. The lowest BCUT2D eigenvalue weighted by Crippen LogP contribution is -2.50. The molecule has 0 aliphatic carbocycles. The molecule has 1 aromatic rings. The molecule has 8 heteroatoms. The molecule has 6 nitrogen and oxygen atoms in total. The monoisotopic (exact) mass is 374 g/mol. The van der Waals surface area contributed by atoms with Gasteiger partial charge in [-0.1, -0.05) is 18.5 Å². The molecule has 1 aliphatic heterocycles. The minimum atomic E-state index is -3.65. The van der Waals surface area contributed by atoms with Crippen molar-refractivity contribution in [3.63, 3.8) is 0 Å². The number of nitrogens with zero attached hydrogens (tertiary/aromatic N) is 2. The maximum atomic E-state index is 12.8. The Bertz CT molecular complexity index is 702. The molecule has 0 radical (unpaired) electrons. The molecule has 1 fully saturated rings. The van der Waals surface area contributed by atoms with Gasteiger partial charge in [-0.2, -0.15) is 0 Å². The Kier molecular flexibility index (Phi) is 5.98. The van der Waals surface area contributed by atoms with Gasteiger partial charge >= 0.3 is 0 Å². The van der Waals surface area contributed by atoms with Gasteiger partial charge in [0.25, 0.3) is 0 Å². The van der Waals surface area contributed by atoms with Crippen LogP contribution >= 0.6 is 11.6 Å². The van der Waals surface area contributed by atoms with Gasteiger partial charge in [-0.05, 0) is 37.5 Å². The van der Waals surface area contributed by atoms with E-state index in [0.717, 1.165) is 19.1 Å². The van der Waals surface area contributed by atoms with Gasteiger partial charge in [-0.25, -0.2) is 8.42 Å². The third kappa shape index (κ3) is 3.95. The van der Waals surface area contributed by atoms with Crippen molar-refractivity contribution < 1.29 is 17.9 Å². The normalized spacial score (nSPS) is 16.1. The maximum Gasteiger partial charge on any atom is 0.246 e. The summed E-state index contributed by atoms with van der Waals surface area (Å²) in [5.41, 5.74) is 0.364. The lowest BCUT2D eigenvalue weighted by Gasteiger charge is -2.32. The second-order valence-electron chi connectivity index (χ2n) is 5.83. The Balaban J connectivity index is 2.43. The number of sulfonamides is 1. The first kappa shape index (κ1) is 18.9. The van der Waals surface area contributed by atoms with Crippen LogP contribution in [0.1, 0.15) is 26.2 Å². The largest absolute Gasteiger partial charge is 0.495 e. The van der Waals surface area contributed by atoms with Crippen molar-refractivity contribution in [2.75, 3.05) is 30.8 Å². The summed E-state index contributed by atoms with van der Waals surface area (Å²) in [5, 5.41) is 0.298. The molecule has 0 aromatic heterocycles. The molecular formula is C16H23ClN2O4S. The topological polar surface area (TPSA) is 66.9 Å². The van der Waals surface area contributed by atoms with Crippen molar-refractivity contribution in [3.05, 3.63) is 23.2 Å². The zero-order chi connectivity index (χ0) is 17.9. The number of carbonyl (C=O) groups excluding carboxylic acids is 1. The van der Waals surface area contributed by atoms with Gasteiger partial charge in [0.2, 0.25) is 15.9 Å². The molecule has 0 saturated carbocycles. The number of methoxy groups -OCH3 is 1. The Hall–Kier alpha value is -1.47. The number of carbonyl (C=O) groups is 1. The highest BCUT2D eigenvalue weighted by Gasteiger charge is 2.35. The molecule has 0 bridgehead atoms. The van der Waals surface area contributed by atoms with Crippen LogP contribution in [0.3, 0.4) is 0 Å². The molecule has 2 rings (SSSR count). The summed E-state index contributed by atoms with van der Waals surface area (Å²) < 4.78 is 31.1. The van der Waals surface area contributed by atoms with Crippen LogP contribution in [0.15, 0.2) is 18.2 Å². The van der Waals surface area contributed by atoms with Crippen molar-refractivity contribution in [1.29, 1.82) is 0 Å². The number of anilines is 1. The molecule has 24 heavy (non-hydrogen) atoms. The minimum Gasteiger partial charge on any atom is -0.495 e. The van der Waals surface area contributed by atoms with Crippen LogP contribution < -0.4 is 9.04 Å². The number of likely N-dealkylation sites (tertiary alicyclic amines) is 1. The average molecular weight is 375 g/mol. The van der Waals surface area contributed by atoms with Gasteiger partial charge in [-0.15, -0.1) is 0 Å². The molecule has 1 aromatic carbocycles. The molecule has 1 aliphatic rings. The number of amides is 1. The van der Waals surface area contributed by atoms with E-state index in [4.69, 9.17) is 16.3 Å². The fourth-order valence-corrected chi connectivity index (χ4v) is 4.43. The summed E-state index contributed by atoms with van der Waals surface area (Å²) >= 11 is 6.14. The first-order valence-electron chi connectivity index (χ1n) is 7.91. The standard InChI is InChI=1S/C16H23ClN2O4S/c1-4-14(16(20)18-9-5-6-10-18)19(24(3,21)22)12-7-8-15(23-2)13(17)11-12/h7-8,11,14H,4-6,9-10H2,1-3H3/t14-/m1/s1. The Labute approximate surface area is 148 Å². The fraction of sp³-hybridized carbons (Fsp3) is 0.562. The number of ether oxygens (including phenoxy) is 1. The van der Waals surface area contributed by atoms with E-state index in [2.05, 4.69) is 0 Å². The third-order valence-electron chi connectivity index (χ3n) is 4.12. The highest BCUT2D eigenvalue weighted by atomic mass is 35.5. The van der Waals surface area contributed by atoms with Crippen molar-refractivity contribution in [2.24, 2.45) is 0 Å². The van der Waals surface area contributed by atoms with E-state index in [0.29, 0.717) is 36.0 Å². The molecule has 1 heterocycles. The summed E-state index contributed by atoms with van der Waals surface area (Å²) in [6.07, 6.45) is 3.39. The van der Waals surface area contributed by atoms with E-state index in [1.165, 1.54) is 17.5 Å². The molecule has 0 N–H and O–H groups in total. The van der Waals surface area contributed by atoms with Crippen molar-refractivity contribution in [3.8, 4) is 5.75 Å². The Morgan fingerprint density at radius 2 is 2.00 bits per heavy atom. The van der Waals surface area contributed by atoms with E-state index >= 15 is 0 Å². The molecule has 134 valence electrons. The highest BCUT2D eigenvalue weighted by molar-refractivity contribution is 7.92. The minimum absolute atomic E-state index is 0.160. The first-order valence-corrected chi connectivity index (χ1v) is 10.1. The van der Waals surface area contributed by atoms with Gasteiger partial charge in [0.15, 0.2) is 0 Å². The quantitative estimate of drug-likeness (QED) is 0.767. The Morgan fingerprint density at radius 3 is 2.46 bits per heavy atom. The molecule has 1 amide bonds. The van der Waals surface area contributed by atoms with E-state index in [1.54, 1.807) is 17.0 Å². The number of hydrogen-bond donors (Lipinski definition) is 0. The van der Waals surface area contributed by atoms with E-state index < -0.39 is 16.1 Å². The summed E-state index contributed by atoms with van der Waals surface area (Å²) in [6, 6.07) is 3.94. The van der Waals surface area contributed by atoms with Crippen LogP contribution in [0.2, 0.25) is 5.02 Å². The molecule has 1 atom stereocenters. The smallest absolute Gasteiger partial charge is 0.246 e. The van der Waals surface area contributed by atoms with E-state index in [9.17, 15) is 13.2 Å². The maximum absolute atomic E-state index is 12.8. The van der Waals surface area contributed by atoms with Gasteiger partial charge in [0.1, 0.15) is 11.8 Å². The predicted molar refractivity (Wildman–Crippen MR) is 95.2 cm³/mol. The molecular weight excluding hydrogens is 352 g/mol. The van der Waals surface area contributed by atoms with Crippen molar-refractivity contribution in [1.82, 2.24) is 4.90 Å². The average Bonchev–Trinajstić information content (AvgIpc) is 3.05. The van der Waals surface area contributed by atoms with E-state index in [-0.39, 0.29) is 5.91 Å². The highest BCUT2D eigenvalue weighted by Crippen LogP contribution is 2.32. The summed E-state index contributed by atoms with van der Waals surface area (Å²) in [5.74, 6) is 0.292. The first-order chi connectivity index (χ1) is 11.3. The number of hydrogen-bond acceptors (Lipinski definition) is 4. The third-order valence-corrected chi connectivity index (χ3v) is 5.59. The van der Waals surface area contributed by atoms with Crippen LogP contribution in [-0.2, 0) is 14.8 Å². The predicted octanol–water partition coefficient (Wildman–Crippen LogP) is 2.52. The Morgan fingerprint density at radius 1 is 1.38 bits per heavy atom. The van der Waals surface area contributed by atoms with Gasteiger partial charge in [-0.3, -0.25) is 9.10 Å². The fourth-order valence-electron chi connectivity index (χ4n) is 2.98. The number of halogens is 1. The van der Waals surface area contributed by atoms with Gasteiger partial charge < -0.3 is 9.64 Å². The zero-order valence-corrected chi connectivity index (χ0v) is 15.7. The van der Waals surface area contributed by atoms with Crippen LogP contribution in [0.4, 0.5) is 5.69 Å². The lowest BCUT2D eigenvalue weighted by atomic mass is 10.1. The second-order valence-corrected chi connectivity index (χ2v) is 8.10. The van der Waals surface area contributed by atoms with Crippen LogP contribution in [-0.4, -0.2) is 51.7 Å². The van der Waals surface area contributed by atoms with Crippen LogP contribution in [0, 0.1) is 0 Å². The van der Waals surface area contributed by atoms with Gasteiger partial charge in [0.05, 0.1) is 24.1 Å². The van der Waals surface area contributed by atoms with Gasteiger partial charge in [0, 0.05) is 13.1 Å². The summed E-state index contributed by atoms with van der Waals surface area (Å²) in [4.78, 5) is 14.5. The summed E-state index contributed by atoms with van der Waals surface area (Å²) in [6.45, 7) is 3.16. The number of benzene rings is 1. The molecule has 0 spiro atoms. The van der Waals surface area contributed by atoms with Crippen molar-refractivity contribution >= 4 is 33.2 Å². The summed E-state index contributed by atoms with van der Waals surface area (Å²) in [7, 11) is -2.17.